The number of rotatable bonds is 7. The second-order valence-electron chi connectivity index (χ2n) is 8.68. The SMILES string of the molecule is C/C=C\C(C)=C(/C)C(=O)NCC1CCCN(C(C)C2=C(C)C(C)C(OC)C=C2)C1. The van der Waals surface area contributed by atoms with Gasteiger partial charge in [-0.1, -0.05) is 36.8 Å². The second-order valence-corrected chi connectivity index (χ2v) is 8.68. The normalized spacial score (nSPS) is 27.9. The Bertz CT molecular complexity index is 702. The zero-order valence-corrected chi connectivity index (χ0v) is 19.4. The van der Waals surface area contributed by atoms with Gasteiger partial charge in [0, 0.05) is 37.7 Å². The average Bonchev–Trinajstić information content (AvgIpc) is 2.73. The Kier molecular flexibility index (Phi) is 8.91. The van der Waals surface area contributed by atoms with Crippen molar-refractivity contribution in [2.45, 2.75) is 66.5 Å². The minimum atomic E-state index is 0.0546. The molecule has 0 bridgehead atoms. The maximum absolute atomic E-state index is 12.5. The van der Waals surface area contributed by atoms with Gasteiger partial charge in [-0.15, -0.1) is 0 Å². The summed E-state index contributed by atoms with van der Waals surface area (Å²) >= 11 is 0. The summed E-state index contributed by atoms with van der Waals surface area (Å²) in [5.41, 5.74) is 4.69. The lowest BCUT2D eigenvalue weighted by molar-refractivity contribution is -0.117. The molecule has 1 aliphatic carbocycles. The molecular weight excluding hydrogens is 360 g/mol. The highest BCUT2D eigenvalue weighted by Gasteiger charge is 2.29. The Morgan fingerprint density at radius 1 is 1.41 bits per heavy atom. The maximum atomic E-state index is 12.5. The third-order valence-electron chi connectivity index (χ3n) is 6.82. The van der Waals surface area contributed by atoms with Gasteiger partial charge in [0.05, 0.1) is 6.10 Å². The number of carbonyl (C=O) groups excluding carboxylic acids is 1. The molecule has 0 aromatic rings. The van der Waals surface area contributed by atoms with Gasteiger partial charge in [-0.25, -0.2) is 0 Å². The van der Waals surface area contributed by atoms with Crippen molar-refractivity contribution < 1.29 is 9.53 Å². The summed E-state index contributed by atoms with van der Waals surface area (Å²) in [4.78, 5) is 15.0. The quantitative estimate of drug-likeness (QED) is 0.499. The molecule has 4 heteroatoms. The van der Waals surface area contributed by atoms with E-state index in [0.717, 1.165) is 30.8 Å². The fourth-order valence-electron chi connectivity index (χ4n) is 4.49. The van der Waals surface area contributed by atoms with Crippen LogP contribution in [0, 0.1) is 11.8 Å². The van der Waals surface area contributed by atoms with Crippen molar-refractivity contribution in [3.63, 3.8) is 0 Å². The smallest absolute Gasteiger partial charge is 0.247 e. The zero-order chi connectivity index (χ0) is 21.6. The number of hydrogen-bond donors (Lipinski definition) is 1. The second kappa shape index (κ2) is 10.9. The predicted octanol–water partition coefficient (Wildman–Crippen LogP) is 4.65. The largest absolute Gasteiger partial charge is 0.377 e. The zero-order valence-electron chi connectivity index (χ0n) is 19.4. The molecule has 29 heavy (non-hydrogen) atoms. The molecule has 4 nitrogen and oxygen atoms in total. The third-order valence-corrected chi connectivity index (χ3v) is 6.82. The van der Waals surface area contributed by atoms with Gasteiger partial charge < -0.3 is 10.1 Å². The van der Waals surface area contributed by atoms with Crippen LogP contribution in [-0.2, 0) is 9.53 Å². The summed E-state index contributed by atoms with van der Waals surface area (Å²) in [5, 5.41) is 3.16. The molecular formula is C25H40N2O2. The molecule has 1 N–H and O–H groups in total. The van der Waals surface area contributed by atoms with Gasteiger partial charge in [-0.05, 0) is 71.1 Å². The molecule has 1 saturated heterocycles. The Hall–Kier alpha value is -1.65. The first-order valence-electron chi connectivity index (χ1n) is 11.0. The van der Waals surface area contributed by atoms with E-state index in [1.807, 2.05) is 32.9 Å². The van der Waals surface area contributed by atoms with Gasteiger partial charge in [0.2, 0.25) is 5.91 Å². The van der Waals surface area contributed by atoms with E-state index in [1.54, 1.807) is 7.11 Å². The van der Waals surface area contributed by atoms with Gasteiger partial charge in [0.1, 0.15) is 0 Å². The fourth-order valence-corrected chi connectivity index (χ4v) is 4.49. The van der Waals surface area contributed by atoms with E-state index in [1.165, 1.54) is 24.0 Å². The Morgan fingerprint density at radius 3 is 2.79 bits per heavy atom. The van der Waals surface area contributed by atoms with Crippen LogP contribution in [0.15, 0.2) is 46.6 Å². The van der Waals surface area contributed by atoms with E-state index in [-0.39, 0.29) is 12.0 Å². The fraction of sp³-hybridized carbons (Fsp3) is 0.640. The molecule has 0 aromatic heterocycles. The Balaban J connectivity index is 1.97. The van der Waals surface area contributed by atoms with Crippen LogP contribution in [-0.4, -0.2) is 49.7 Å². The maximum Gasteiger partial charge on any atom is 0.247 e. The number of amides is 1. The lowest BCUT2D eigenvalue weighted by atomic mass is 9.83. The third kappa shape index (κ3) is 5.93. The lowest BCUT2D eigenvalue weighted by Gasteiger charge is -2.39. The van der Waals surface area contributed by atoms with Crippen LogP contribution in [0.5, 0.6) is 0 Å². The number of hydrogen-bond acceptors (Lipinski definition) is 3. The molecule has 0 aromatic carbocycles. The van der Waals surface area contributed by atoms with Crippen molar-refractivity contribution in [3.05, 3.63) is 46.6 Å². The summed E-state index contributed by atoms with van der Waals surface area (Å²) in [6, 6.07) is 0.392. The summed E-state index contributed by atoms with van der Waals surface area (Å²) in [7, 11) is 1.79. The molecule has 0 radical (unpaired) electrons. The van der Waals surface area contributed by atoms with Gasteiger partial charge in [-0.3, -0.25) is 9.69 Å². The molecule has 1 fully saturated rings. The highest BCUT2D eigenvalue weighted by atomic mass is 16.5. The number of ether oxygens (including phenoxy) is 1. The number of carbonyl (C=O) groups is 1. The highest BCUT2D eigenvalue weighted by molar-refractivity contribution is 5.93. The molecule has 1 heterocycles. The van der Waals surface area contributed by atoms with Crippen LogP contribution in [0.1, 0.15) is 54.4 Å². The van der Waals surface area contributed by atoms with Crippen LogP contribution >= 0.6 is 0 Å². The Morgan fingerprint density at radius 2 is 2.14 bits per heavy atom. The minimum Gasteiger partial charge on any atom is -0.377 e. The molecule has 1 amide bonds. The van der Waals surface area contributed by atoms with Crippen molar-refractivity contribution in [1.82, 2.24) is 10.2 Å². The van der Waals surface area contributed by atoms with Crippen molar-refractivity contribution in [2.24, 2.45) is 11.8 Å². The van der Waals surface area contributed by atoms with Gasteiger partial charge in [0.25, 0.3) is 0 Å². The molecule has 2 aliphatic rings. The topological polar surface area (TPSA) is 41.6 Å². The molecule has 4 atom stereocenters. The van der Waals surface area contributed by atoms with E-state index in [4.69, 9.17) is 4.74 Å². The molecule has 0 saturated carbocycles. The summed E-state index contributed by atoms with van der Waals surface area (Å²) in [5.74, 6) is 0.971. The first-order chi connectivity index (χ1) is 13.8. The molecule has 2 rings (SSSR count). The summed E-state index contributed by atoms with van der Waals surface area (Å²) in [6.07, 6.45) is 11.0. The van der Waals surface area contributed by atoms with Gasteiger partial charge in [-0.2, -0.15) is 0 Å². The average molecular weight is 401 g/mol. The van der Waals surface area contributed by atoms with E-state index in [2.05, 4.69) is 43.1 Å². The van der Waals surface area contributed by atoms with Crippen LogP contribution in [0.2, 0.25) is 0 Å². The Labute approximate surface area is 177 Å². The van der Waals surface area contributed by atoms with Crippen LogP contribution in [0.25, 0.3) is 0 Å². The van der Waals surface area contributed by atoms with Crippen LogP contribution in [0.4, 0.5) is 0 Å². The number of piperidine rings is 1. The lowest BCUT2D eigenvalue weighted by Crippen LogP contribution is -2.46. The van der Waals surface area contributed by atoms with Gasteiger partial charge in [0.15, 0.2) is 0 Å². The monoisotopic (exact) mass is 400 g/mol. The molecule has 1 aliphatic heterocycles. The molecule has 162 valence electrons. The van der Waals surface area contributed by atoms with Crippen LogP contribution in [0.3, 0.4) is 0 Å². The first kappa shape index (κ1) is 23.6. The predicted molar refractivity (Wildman–Crippen MR) is 122 cm³/mol. The minimum absolute atomic E-state index is 0.0546. The number of likely N-dealkylation sites (tertiary alicyclic amines) is 1. The summed E-state index contributed by atoms with van der Waals surface area (Å²) < 4.78 is 5.59. The van der Waals surface area contributed by atoms with E-state index in [0.29, 0.717) is 17.9 Å². The molecule has 4 unspecified atom stereocenters. The highest BCUT2D eigenvalue weighted by Crippen LogP contribution is 2.31. The van der Waals surface area contributed by atoms with E-state index < -0.39 is 0 Å². The van der Waals surface area contributed by atoms with Crippen molar-refractivity contribution in [2.75, 3.05) is 26.7 Å². The van der Waals surface area contributed by atoms with Crippen molar-refractivity contribution >= 4 is 5.91 Å². The van der Waals surface area contributed by atoms with Crippen molar-refractivity contribution in [1.29, 1.82) is 0 Å². The van der Waals surface area contributed by atoms with E-state index >= 15 is 0 Å². The molecule has 0 spiro atoms. The van der Waals surface area contributed by atoms with Gasteiger partial charge >= 0.3 is 0 Å². The van der Waals surface area contributed by atoms with E-state index in [9.17, 15) is 4.79 Å². The van der Waals surface area contributed by atoms with Crippen LogP contribution < -0.4 is 5.32 Å². The summed E-state index contributed by atoms with van der Waals surface area (Å²) in [6.45, 7) is 15.6. The number of allylic oxidation sites excluding steroid dienone is 3. The standard InChI is InChI=1S/C25H40N2O2/c1-8-10-17(2)18(3)25(28)26-15-22-11-9-14-27(16-22)21(6)23-12-13-24(29-7)20(5)19(23)4/h8,10,12-13,20-22,24H,9,11,14-16H2,1-7H3,(H,26,28)/b10-8-,18-17+. The number of methoxy groups -OCH3 is 1. The van der Waals surface area contributed by atoms with Crippen molar-refractivity contribution in [3.8, 4) is 0 Å². The first-order valence-corrected chi connectivity index (χ1v) is 11.0. The number of nitrogens with zero attached hydrogens (tertiary/aromatic N) is 1. The number of nitrogens with one attached hydrogen (secondary N) is 1.